The summed E-state index contributed by atoms with van der Waals surface area (Å²) < 4.78 is 9.98. The van der Waals surface area contributed by atoms with Gasteiger partial charge in [0, 0.05) is 24.0 Å². The Kier molecular flexibility index (Phi) is 7.44. The van der Waals surface area contributed by atoms with Gasteiger partial charge in [-0.2, -0.15) is 0 Å². The van der Waals surface area contributed by atoms with Crippen LogP contribution < -0.4 is 5.32 Å². The summed E-state index contributed by atoms with van der Waals surface area (Å²) in [5.74, 6) is -1.46. The number of hydrogen-bond donors (Lipinski definition) is 1. The molecule has 1 amide bonds. The third-order valence-electron chi connectivity index (χ3n) is 4.44. The number of anilines is 1. The Hall–Kier alpha value is -3.16. The highest BCUT2D eigenvalue weighted by atomic mass is 35.5. The summed E-state index contributed by atoms with van der Waals surface area (Å²) in [5, 5.41) is 6.87. The summed E-state index contributed by atoms with van der Waals surface area (Å²) in [6.45, 7) is 0. The summed E-state index contributed by atoms with van der Waals surface area (Å²) in [5.41, 5.74) is 0.819. The van der Waals surface area contributed by atoms with E-state index < -0.39 is 11.9 Å². The number of ketones is 1. The first kappa shape index (κ1) is 22.5. The molecule has 3 rings (SSSR count). The summed E-state index contributed by atoms with van der Waals surface area (Å²) in [6.07, 6.45) is 0.574. The van der Waals surface area contributed by atoms with Crippen LogP contribution in [0.3, 0.4) is 0 Å². The van der Waals surface area contributed by atoms with Gasteiger partial charge in [0.05, 0.1) is 17.2 Å². The van der Waals surface area contributed by atoms with Gasteiger partial charge in [-0.15, -0.1) is 0 Å². The van der Waals surface area contributed by atoms with Crippen LogP contribution in [0.4, 0.5) is 5.88 Å². The lowest BCUT2D eigenvalue weighted by molar-refractivity contribution is -0.116. The Labute approximate surface area is 188 Å². The molecule has 1 aromatic heterocycles. The Morgan fingerprint density at radius 2 is 1.68 bits per heavy atom. The SMILES string of the molecule is COC(=O)c1c(-c2c(Cl)cccc2Cl)noc1NC(=O)CCCC(=O)c1ccccc1. The monoisotopic (exact) mass is 460 g/mol. The van der Waals surface area contributed by atoms with E-state index in [0.717, 1.165) is 0 Å². The van der Waals surface area contributed by atoms with E-state index in [-0.39, 0.29) is 51.4 Å². The Balaban J connectivity index is 1.73. The highest BCUT2D eigenvalue weighted by Crippen LogP contribution is 2.38. The molecule has 1 N–H and O–H groups in total. The highest BCUT2D eigenvalue weighted by molar-refractivity contribution is 6.39. The van der Waals surface area contributed by atoms with Crippen LogP contribution in [0, 0.1) is 0 Å². The van der Waals surface area contributed by atoms with Crippen LogP contribution in [0.15, 0.2) is 53.1 Å². The first-order chi connectivity index (χ1) is 14.9. The minimum absolute atomic E-state index is 0.0437. The largest absolute Gasteiger partial charge is 0.465 e. The molecule has 2 aromatic carbocycles. The number of methoxy groups -OCH3 is 1. The molecule has 1 heterocycles. The predicted octanol–water partition coefficient (Wildman–Crippen LogP) is 5.43. The van der Waals surface area contributed by atoms with Crippen molar-refractivity contribution >= 4 is 46.7 Å². The average molecular weight is 461 g/mol. The first-order valence-electron chi connectivity index (χ1n) is 9.32. The van der Waals surface area contributed by atoms with Crippen molar-refractivity contribution in [2.45, 2.75) is 19.3 Å². The second-order valence-electron chi connectivity index (χ2n) is 6.51. The summed E-state index contributed by atoms with van der Waals surface area (Å²) in [7, 11) is 1.19. The number of rotatable bonds is 8. The number of Topliss-reactive ketones (excluding diaryl/α,β-unsaturated/α-hetero) is 1. The Morgan fingerprint density at radius 3 is 2.32 bits per heavy atom. The molecule has 0 saturated heterocycles. The number of carbonyl (C=O) groups is 3. The van der Waals surface area contributed by atoms with Crippen molar-refractivity contribution < 1.29 is 23.6 Å². The molecule has 0 radical (unpaired) electrons. The third kappa shape index (κ3) is 5.31. The van der Waals surface area contributed by atoms with E-state index in [0.29, 0.717) is 12.0 Å². The average Bonchev–Trinajstić information content (AvgIpc) is 3.16. The van der Waals surface area contributed by atoms with E-state index in [9.17, 15) is 14.4 Å². The second kappa shape index (κ2) is 10.2. The first-order valence-corrected chi connectivity index (χ1v) is 10.1. The molecule has 0 aliphatic carbocycles. The van der Waals surface area contributed by atoms with Crippen molar-refractivity contribution in [3.63, 3.8) is 0 Å². The van der Waals surface area contributed by atoms with Crippen LogP contribution in [-0.4, -0.2) is 29.9 Å². The number of nitrogens with one attached hydrogen (secondary N) is 1. The molecule has 0 spiro atoms. The van der Waals surface area contributed by atoms with Crippen molar-refractivity contribution in [3.8, 4) is 11.3 Å². The summed E-state index contributed by atoms with van der Waals surface area (Å²) in [4.78, 5) is 36.9. The molecule has 0 saturated carbocycles. The number of nitrogens with zero attached hydrogens (tertiary/aromatic N) is 1. The van der Waals surface area contributed by atoms with Crippen molar-refractivity contribution in [3.05, 3.63) is 69.7 Å². The maximum Gasteiger partial charge on any atom is 0.345 e. The van der Waals surface area contributed by atoms with E-state index >= 15 is 0 Å². The lowest BCUT2D eigenvalue weighted by Gasteiger charge is -2.07. The topological polar surface area (TPSA) is 98.5 Å². The minimum atomic E-state index is -0.776. The van der Waals surface area contributed by atoms with Gasteiger partial charge in [-0.05, 0) is 18.6 Å². The van der Waals surface area contributed by atoms with Gasteiger partial charge in [0.25, 0.3) is 0 Å². The molecule has 3 aromatic rings. The number of benzene rings is 2. The lowest BCUT2D eigenvalue weighted by Crippen LogP contribution is -2.14. The number of halogens is 2. The molecule has 160 valence electrons. The van der Waals surface area contributed by atoms with Crippen LogP contribution in [0.1, 0.15) is 40.0 Å². The van der Waals surface area contributed by atoms with Gasteiger partial charge < -0.3 is 9.26 Å². The van der Waals surface area contributed by atoms with Crippen molar-refractivity contribution in [2.75, 3.05) is 12.4 Å². The standard InChI is InChI=1S/C22H18Cl2N2O5/c1-30-22(29)19-20(18-14(23)9-5-10-15(18)24)26-31-21(19)25-17(28)12-6-11-16(27)13-7-3-2-4-8-13/h2-5,7-10H,6,11-12H2,1H3,(H,25,28). The van der Waals surface area contributed by atoms with E-state index in [2.05, 4.69) is 10.5 Å². The zero-order valence-corrected chi connectivity index (χ0v) is 18.0. The molecule has 0 aliphatic heterocycles. The van der Waals surface area contributed by atoms with Gasteiger partial charge in [-0.1, -0.05) is 64.8 Å². The number of carbonyl (C=O) groups excluding carboxylic acids is 3. The van der Waals surface area contributed by atoms with E-state index in [1.807, 2.05) is 6.07 Å². The van der Waals surface area contributed by atoms with Crippen LogP contribution in [0.25, 0.3) is 11.3 Å². The van der Waals surface area contributed by atoms with Gasteiger partial charge >= 0.3 is 5.97 Å². The zero-order chi connectivity index (χ0) is 22.4. The quantitative estimate of drug-likeness (QED) is 0.355. The van der Waals surface area contributed by atoms with Gasteiger partial charge in [0.15, 0.2) is 11.3 Å². The van der Waals surface area contributed by atoms with Crippen LogP contribution in [0.2, 0.25) is 10.0 Å². The molecular weight excluding hydrogens is 443 g/mol. The predicted molar refractivity (Wildman–Crippen MR) is 117 cm³/mol. The zero-order valence-electron chi connectivity index (χ0n) is 16.5. The smallest absolute Gasteiger partial charge is 0.345 e. The Bertz CT molecular complexity index is 1090. The molecule has 0 atom stereocenters. The van der Waals surface area contributed by atoms with E-state index in [1.165, 1.54) is 7.11 Å². The van der Waals surface area contributed by atoms with Gasteiger partial charge in [-0.25, -0.2) is 4.79 Å². The van der Waals surface area contributed by atoms with Gasteiger partial charge in [0.2, 0.25) is 11.8 Å². The number of aromatic nitrogens is 1. The molecular formula is C22H18Cl2N2O5. The van der Waals surface area contributed by atoms with Crippen LogP contribution in [-0.2, 0) is 9.53 Å². The Morgan fingerprint density at radius 1 is 1.00 bits per heavy atom. The maximum absolute atomic E-state index is 12.4. The van der Waals surface area contributed by atoms with Crippen molar-refractivity contribution in [1.29, 1.82) is 0 Å². The number of amides is 1. The fraction of sp³-hybridized carbons (Fsp3) is 0.182. The molecule has 0 aliphatic rings. The molecule has 0 fully saturated rings. The fourth-order valence-corrected chi connectivity index (χ4v) is 3.51. The molecule has 0 bridgehead atoms. The lowest BCUT2D eigenvalue weighted by atomic mass is 10.1. The van der Waals surface area contributed by atoms with Crippen LogP contribution >= 0.6 is 23.2 Å². The van der Waals surface area contributed by atoms with Gasteiger partial charge in [-0.3, -0.25) is 14.9 Å². The fourth-order valence-electron chi connectivity index (χ4n) is 2.93. The van der Waals surface area contributed by atoms with E-state index in [4.69, 9.17) is 32.5 Å². The highest BCUT2D eigenvalue weighted by Gasteiger charge is 2.28. The third-order valence-corrected chi connectivity index (χ3v) is 5.07. The minimum Gasteiger partial charge on any atom is -0.465 e. The second-order valence-corrected chi connectivity index (χ2v) is 7.33. The van der Waals surface area contributed by atoms with Crippen molar-refractivity contribution in [1.82, 2.24) is 5.16 Å². The van der Waals surface area contributed by atoms with E-state index in [1.54, 1.807) is 42.5 Å². The van der Waals surface area contributed by atoms with Crippen molar-refractivity contribution in [2.24, 2.45) is 0 Å². The molecule has 0 unspecified atom stereocenters. The number of hydrogen-bond acceptors (Lipinski definition) is 6. The molecule has 9 heteroatoms. The van der Waals surface area contributed by atoms with Crippen LogP contribution in [0.5, 0.6) is 0 Å². The summed E-state index contributed by atoms with van der Waals surface area (Å²) in [6, 6.07) is 13.6. The molecule has 31 heavy (non-hydrogen) atoms. The van der Waals surface area contributed by atoms with Gasteiger partial charge in [0.1, 0.15) is 5.69 Å². The number of esters is 1. The summed E-state index contributed by atoms with van der Waals surface area (Å²) >= 11 is 12.4. The normalized spacial score (nSPS) is 10.5. The maximum atomic E-state index is 12.4. The molecule has 7 nitrogen and oxygen atoms in total. The number of ether oxygens (including phenoxy) is 1.